The summed E-state index contributed by atoms with van der Waals surface area (Å²) < 4.78 is 7.15. The summed E-state index contributed by atoms with van der Waals surface area (Å²) in [4.78, 5) is 12.6. The van der Waals surface area contributed by atoms with E-state index < -0.39 is 0 Å². The van der Waals surface area contributed by atoms with E-state index in [-0.39, 0.29) is 5.78 Å². The highest BCUT2D eigenvalue weighted by molar-refractivity contribution is 7.98. The second-order valence-electron chi connectivity index (χ2n) is 5.25. The van der Waals surface area contributed by atoms with Gasteiger partial charge >= 0.3 is 0 Å². The summed E-state index contributed by atoms with van der Waals surface area (Å²) >= 11 is 3.02. The summed E-state index contributed by atoms with van der Waals surface area (Å²) in [7, 11) is 0. The van der Waals surface area contributed by atoms with Gasteiger partial charge in [0.15, 0.2) is 11.6 Å². The fourth-order valence-corrected chi connectivity index (χ4v) is 3.84. The van der Waals surface area contributed by atoms with Gasteiger partial charge in [0.2, 0.25) is 5.16 Å². The summed E-state index contributed by atoms with van der Waals surface area (Å²) in [5, 5.41) is 10.9. The number of thioether (sulfide) groups is 1. The highest BCUT2D eigenvalue weighted by atomic mass is 32.2. The van der Waals surface area contributed by atoms with Crippen molar-refractivity contribution in [3.63, 3.8) is 0 Å². The molecule has 0 radical (unpaired) electrons. The number of nitrogens with zero attached hydrogens (tertiary/aromatic N) is 3. The molecular weight excluding hydrogens is 356 g/mol. The summed E-state index contributed by atoms with van der Waals surface area (Å²) in [6.45, 7) is 4.04. The maximum absolute atomic E-state index is 11.6. The van der Waals surface area contributed by atoms with E-state index in [0.29, 0.717) is 28.9 Å². The SMILES string of the molecule is CCOc1ccc(C(C)=O)cc1CSc1nnc(-c2cccs2)n1N. The number of ketones is 1. The molecule has 0 spiro atoms. The number of aromatic nitrogens is 3. The maximum Gasteiger partial charge on any atom is 0.210 e. The Labute approximate surface area is 154 Å². The van der Waals surface area contributed by atoms with Crippen molar-refractivity contribution in [1.82, 2.24) is 14.9 Å². The van der Waals surface area contributed by atoms with Gasteiger partial charge in [-0.15, -0.1) is 21.5 Å². The third-order valence-corrected chi connectivity index (χ3v) is 5.39. The molecule has 3 rings (SSSR count). The van der Waals surface area contributed by atoms with Crippen molar-refractivity contribution in [3.8, 4) is 16.5 Å². The molecule has 3 aromatic rings. The molecule has 0 aliphatic carbocycles. The van der Waals surface area contributed by atoms with Crippen LogP contribution in [0.15, 0.2) is 40.9 Å². The van der Waals surface area contributed by atoms with Gasteiger partial charge in [0, 0.05) is 16.9 Å². The second-order valence-corrected chi connectivity index (χ2v) is 7.14. The minimum Gasteiger partial charge on any atom is -0.494 e. The largest absolute Gasteiger partial charge is 0.494 e. The zero-order valence-electron chi connectivity index (χ0n) is 13.9. The van der Waals surface area contributed by atoms with Crippen LogP contribution in [0.2, 0.25) is 0 Å². The van der Waals surface area contributed by atoms with E-state index in [9.17, 15) is 4.79 Å². The van der Waals surface area contributed by atoms with Crippen LogP contribution in [0.3, 0.4) is 0 Å². The van der Waals surface area contributed by atoms with Gasteiger partial charge in [0.05, 0.1) is 11.5 Å². The molecule has 8 heteroatoms. The molecule has 0 aliphatic heterocycles. The van der Waals surface area contributed by atoms with Gasteiger partial charge in [0.25, 0.3) is 0 Å². The van der Waals surface area contributed by atoms with Crippen LogP contribution in [0.4, 0.5) is 0 Å². The Morgan fingerprint density at radius 2 is 2.20 bits per heavy atom. The fraction of sp³-hybridized carbons (Fsp3) is 0.235. The minimum atomic E-state index is 0.0243. The molecule has 2 heterocycles. The van der Waals surface area contributed by atoms with Gasteiger partial charge in [-0.2, -0.15) is 0 Å². The van der Waals surface area contributed by atoms with Gasteiger partial charge in [-0.1, -0.05) is 17.8 Å². The number of hydrogen-bond donors (Lipinski definition) is 1. The van der Waals surface area contributed by atoms with Crippen LogP contribution < -0.4 is 10.6 Å². The summed E-state index contributed by atoms with van der Waals surface area (Å²) in [5.74, 6) is 8.13. The molecule has 6 nitrogen and oxygen atoms in total. The van der Waals surface area contributed by atoms with E-state index >= 15 is 0 Å². The van der Waals surface area contributed by atoms with Crippen LogP contribution in [-0.2, 0) is 5.75 Å². The number of carbonyl (C=O) groups is 1. The van der Waals surface area contributed by atoms with Crippen molar-refractivity contribution in [2.45, 2.75) is 24.8 Å². The first-order valence-corrected chi connectivity index (χ1v) is 9.60. The first-order chi connectivity index (χ1) is 12.1. The van der Waals surface area contributed by atoms with Gasteiger partial charge in [-0.05, 0) is 43.5 Å². The number of thiophene rings is 1. The zero-order valence-corrected chi connectivity index (χ0v) is 15.6. The number of hydrogen-bond acceptors (Lipinski definition) is 7. The number of carbonyl (C=O) groups excluding carboxylic acids is 1. The third-order valence-electron chi connectivity index (χ3n) is 3.53. The lowest BCUT2D eigenvalue weighted by atomic mass is 10.1. The van der Waals surface area contributed by atoms with Crippen molar-refractivity contribution in [2.75, 3.05) is 12.4 Å². The molecule has 1 aromatic carbocycles. The van der Waals surface area contributed by atoms with Gasteiger partial charge in [-0.25, -0.2) is 4.68 Å². The molecule has 2 N–H and O–H groups in total. The maximum atomic E-state index is 11.6. The molecule has 0 unspecified atom stereocenters. The Balaban J connectivity index is 1.81. The highest BCUT2D eigenvalue weighted by Gasteiger charge is 2.15. The van der Waals surface area contributed by atoms with Crippen molar-refractivity contribution in [2.24, 2.45) is 0 Å². The average Bonchev–Trinajstić information content (AvgIpc) is 3.24. The lowest BCUT2D eigenvalue weighted by Crippen LogP contribution is -2.11. The molecule has 25 heavy (non-hydrogen) atoms. The molecule has 130 valence electrons. The minimum absolute atomic E-state index is 0.0243. The van der Waals surface area contributed by atoms with E-state index in [1.54, 1.807) is 24.3 Å². The number of nitrogens with two attached hydrogens (primary N) is 1. The molecule has 0 bridgehead atoms. The topological polar surface area (TPSA) is 83.0 Å². The number of Topliss-reactive ketones (excluding diaryl/α,β-unsaturated/α-hetero) is 1. The molecule has 0 saturated carbocycles. The number of rotatable bonds is 7. The Morgan fingerprint density at radius 1 is 1.36 bits per heavy atom. The van der Waals surface area contributed by atoms with Crippen LogP contribution >= 0.6 is 23.1 Å². The van der Waals surface area contributed by atoms with Crippen LogP contribution in [0.1, 0.15) is 29.8 Å². The van der Waals surface area contributed by atoms with Gasteiger partial charge in [-0.3, -0.25) is 4.79 Å². The van der Waals surface area contributed by atoms with Gasteiger partial charge in [0.1, 0.15) is 5.75 Å². The number of ether oxygens (including phenoxy) is 1. The predicted octanol–water partition coefficient (Wildman–Crippen LogP) is 3.61. The highest BCUT2D eigenvalue weighted by Crippen LogP contribution is 2.30. The fourth-order valence-electron chi connectivity index (χ4n) is 2.30. The summed E-state index contributed by atoms with van der Waals surface area (Å²) in [6.07, 6.45) is 0. The van der Waals surface area contributed by atoms with Gasteiger partial charge < -0.3 is 10.6 Å². The molecule has 0 saturated heterocycles. The summed E-state index contributed by atoms with van der Waals surface area (Å²) in [6, 6.07) is 9.37. The van der Waals surface area contributed by atoms with Crippen molar-refractivity contribution >= 4 is 28.9 Å². The Bertz CT molecular complexity index is 875. The first-order valence-electron chi connectivity index (χ1n) is 7.74. The zero-order chi connectivity index (χ0) is 17.8. The van der Waals surface area contributed by atoms with Crippen LogP contribution in [0, 0.1) is 0 Å². The molecule has 0 aliphatic rings. The molecule has 0 fully saturated rings. The summed E-state index contributed by atoms with van der Waals surface area (Å²) in [5.41, 5.74) is 1.59. The number of nitrogen functional groups attached to an aromatic ring is 1. The Hall–Kier alpha value is -2.32. The standard InChI is InChI=1S/C17H18N4O2S2/c1-3-23-14-7-6-12(11(2)22)9-13(14)10-25-17-20-19-16(21(17)18)15-5-4-8-24-15/h4-9H,3,10,18H2,1-2H3. The second kappa shape index (κ2) is 7.71. The van der Waals surface area contributed by atoms with E-state index in [0.717, 1.165) is 16.2 Å². The number of benzene rings is 1. The van der Waals surface area contributed by atoms with E-state index in [2.05, 4.69) is 10.2 Å². The third kappa shape index (κ3) is 3.85. The van der Waals surface area contributed by atoms with E-state index in [1.807, 2.05) is 36.6 Å². The molecule has 0 amide bonds. The van der Waals surface area contributed by atoms with Crippen molar-refractivity contribution in [1.29, 1.82) is 0 Å². The lowest BCUT2D eigenvalue weighted by Gasteiger charge is -2.11. The average molecular weight is 374 g/mol. The van der Waals surface area contributed by atoms with Crippen molar-refractivity contribution in [3.05, 3.63) is 46.8 Å². The quantitative estimate of drug-likeness (QED) is 0.386. The molecule has 0 atom stereocenters. The molecule has 2 aromatic heterocycles. The normalized spacial score (nSPS) is 10.8. The first kappa shape index (κ1) is 17.5. The van der Waals surface area contributed by atoms with E-state index in [1.165, 1.54) is 16.4 Å². The van der Waals surface area contributed by atoms with E-state index in [4.69, 9.17) is 10.6 Å². The van der Waals surface area contributed by atoms with Crippen LogP contribution in [0.5, 0.6) is 5.75 Å². The van der Waals surface area contributed by atoms with Crippen molar-refractivity contribution < 1.29 is 9.53 Å². The molecular formula is C17H18N4O2S2. The Morgan fingerprint density at radius 3 is 2.88 bits per heavy atom. The Kier molecular flexibility index (Phi) is 5.40. The smallest absolute Gasteiger partial charge is 0.210 e. The monoisotopic (exact) mass is 374 g/mol. The lowest BCUT2D eigenvalue weighted by molar-refractivity contribution is 0.101. The predicted molar refractivity (Wildman–Crippen MR) is 101 cm³/mol. The van der Waals surface area contributed by atoms with Crippen LogP contribution in [-0.4, -0.2) is 27.3 Å². The van der Waals surface area contributed by atoms with Crippen LogP contribution in [0.25, 0.3) is 10.7 Å².